The second kappa shape index (κ2) is 12.1. The molecule has 0 aliphatic carbocycles. The lowest BCUT2D eigenvalue weighted by Crippen LogP contribution is -2.60. The van der Waals surface area contributed by atoms with E-state index in [9.17, 15) is 38.8 Å². The van der Waals surface area contributed by atoms with Gasteiger partial charge in [-0.3, -0.25) is 4.79 Å². The third-order valence-corrected chi connectivity index (χ3v) is 7.68. The third kappa shape index (κ3) is 5.85. The average molecular weight is 587 g/mol. The number of carboxylic acid groups (broad SMARTS) is 1. The largest absolute Gasteiger partial charge is 0.508 e. The summed E-state index contributed by atoms with van der Waals surface area (Å²) >= 11 is 0. The van der Waals surface area contributed by atoms with Crippen LogP contribution in [0.2, 0.25) is 0 Å². The number of nitrogens with zero attached hydrogens (tertiary/aromatic N) is 1. The van der Waals surface area contributed by atoms with Crippen LogP contribution in [0, 0.1) is 17.6 Å². The monoisotopic (exact) mass is 586 g/mol. The lowest BCUT2D eigenvalue weighted by Gasteiger charge is -2.48. The van der Waals surface area contributed by atoms with E-state index >= 15 is 0 Å². The second-order valence-electron chi connectivity index (χ2n) is 10.4. The Morgan fingerprint density at radius 2 is 1.55 bits per heavy atom. The van der Waals surface area contributed by atoms with Crippen molar-refractivity contribution < 1.29 is 53.4 Å². The molecule has 3 aromatic rings. The Morgan fingerprint density at radius 1 is 0.952 bits per heavy atom. The van der Waals surface area contributed by atoms with Crippen LogP contribution < -0.4 is 4.90 Å². The molecule has 1 amide bonds. The van der Waals surface area contributed by atoms with Crippen molar-refractivity contribution >= 4 is 17.6 Å². The summed E-state index contributed by atoms with van der Waals surface area (Å²) in [6, 6.07) is 16.6. The Bertz CT molecular complexity index is 1400. The molecular formula is C30H30F2NO9+. The van der Waals surface area contributed by atoms with Gasteiger partial charge in [0.05, 0.1) is 18.1 Å². The van der Waals surface area contributed by atoms with Crippen LogP contribution in [0.5, 0.6) is 5.75 Å². The van der Waals surface area contributed by atoms with E-state index < -0.39 is 66.4 Å². The molecule has 42 heavy (non-hydrogen) atoms. The van der Waals surface area contributed by atoms with E-state index in [-0.39, 0.29) is 24.5 Å². The second-order valence-corrected chi connectivity index (χ2v) is 10.4. The van der Waals surface area contributed by atoms with Gasteiger partial charge in [0.15, 0.2) is 12.4 Å². The molecule has 2 heterocycles. The van der Waals surface area contributed by atoms with Crippen LogP contribution in [-0.4, -0.2) is 68.1 Å². The molecule has 2 fully saturated rings. The minimum Gasteiger partial charge on any atom is -0.508 e. The number of aliphatic carboxylic acids is 1. The van der Waals surface area contributed by atoms with Crippen LogP contribution in [0.3, 0.4) is 0 Å². The summed E-state index contributed by atoms with van der Waals surface area (Å²) < 4.78 is 38.6. The van der Waals surface area contributed by atoms with E-state index in [0.29, 0.717) is 11.3 Å². The molecule has 10 nitrogen and oxygen atoms in total. The summed E-state index contributed by atoms with van der Waals surface area (Å²) in [6.07, 6.45) is -9.13. The molecule has 2 aliphatic rings. The van der Waals surface area contributed by atoms with Crippen LogP contribution in [-0.2, 0) is 19.1 Å². The maximum atomic E-state index is 13.7. The number of carbonyl (C=O) groups is 2. The summed E-state index contributed by atoms with van der Waals surface area (Å²) in [5.74, 6) is -3.26. The van der Waals surface area contributed by atoms with Gasteiger partial charge in [-0.15, -0.1) is 0 Å². The highest BCUT2D eigenvalue weighted by molar-refractivity contribution is 6.03. The molecule has 0 saturated carbocycles. The highest BCUT2D eigenvalue weighted by Crippen LogP contribution is 2.47. The SMILES string of the molecule is O=C(O)[C@H]1O[C@@H](O[C@@H](CC[C@H]2C(=O)N(c3ccc(F)cc3)[C@@H]2c2ccc(O)cc2)c2ccc(F)cc2)[C@H](O)[C@@H](O)[C@@H]1[OH2+]. The van der Waals surface area contributed by atoms with Gasteiger partial charge in [0.2, 0.25) is 18.1 Å². The zero-order valence-corrected chi connectivity index (χ0v) is 22.1. The van der Waals surface area contributed by atoms with Crippen molar-refractivity contribution in [3.8, 4) is 5.75 Å². The molecule has 0 bridgehead atoms. The van der Waals surface area contributed by atoms with Gasteiger partial charge in [0, 0.05) is 5.69 Å². The molecule has 2 aliphatic heterocycles. The van der Waals surface area contributed by atoms with Crippen molar-refractivity contribution in [3.05, 3.63) is 95.6 Å². The van der Waals surface area contributed by atoms with E-state index in [1.165, 1.54) is 65.6 Å². The summed E-state index contributed by atoms with van der Waals surface area (Å²) in [7, 11) is 0. The maximum absolute atomic E-state index is 13.7. The first-order valence-corrected chi connectivity index (χ1v) is 13.3. The van der Waals surface area contributed by atoms with Gasteiger partial charge in [0.1, 0.15) is 23.5 Å². The quantitative estimate of drug-likeness (QED) is 0.220. The van der Waals surface area contributed by atoms with Crippen LogP contribution in [0.25, 0.3) is 0 Å². The van der Waals surface area contributed by atoms with Crippen molar-refractivity contribution in [2.24, 2.45) is 5.92 Å². The van der Waals surface area contributed by atoms with E-state index in [1.807, 2.05) is 0 Å². The van der Waals surface area contributed by atoms with Gasteiger partial charge in [0.25, 0.3) is 0 Å². The van der Waals surface area contributed by atoms with Crippen LogP contribution in [0.4, 0.5) is 14.5 Å². The number of halogens is 2. The first-order chi connectivity index (χ1) is 20.0. The number of benzene rings is 3. The summed E-state index contributed by atoms with van der Waals surface area (Å²) in [5.41, 5.74) is 1.66. The molecule has 0 radical (unpaired) electrons. The van der Waals surface area contributed by atoms with Gasteiger partial charge >= 0.3 is 5.97 Å². The molecule has 2 saturated heterocycles. The number of hydrogen-bond donors (Lipinski definition) is 4. The molecule has 8 atom stereocenters. The average Bonchev–Trinajstić information content (AvgIpc) is 2.97. The zero-order valence-electron chi connectivity index (χ0n) is 22.1. The standard InChI is InChI=1S/C30H29F2NO9/c31-17-5-1-15(2-6-17)22(41-30-26(37)24(35)25(36)27(42-30)29(39)40)14-13-21-23(16-3-11-20(34)12-4-16)33(28(21)38)19-9-7-18(32)8-10-19/h1-12,21-27,30,34-37H,13-14H2,(H,39,40)/p+1/t21-,22+,23-,24+,25+,26-,27+,30-/m1/s1. The molecule has 12 heteroatoms. The van der Waals surface area contributed by atoms with Crippen molar-refractivity contribution in [1.29, 1.82) is 0 Å². The molecule has 3 aromatic carbocycles. The van der Waals surface area contributed by atoms with Crippen molar-refractivity contribution in [3.63, 3.8) is 0 Å². The predicted octanol–water partition coefficient (Wildman–Crippen LogP) is 2.54. The van der Waals surface area contributed by atoms with Gasteiger partial charge in [-0.1, -0.05) is 24.3 Å². The first-order valence-electron chi connectivity index (χ1n) is 13.3. The molecule has 0 spiro atoms. The van der Waals surface area contributed by atoms with Gasteiger partial charge in [-0.25, -0.2) is 13.6 Å². The molecule has 222 valence electrons. The molecule has 5 rings (SSSR count). The lowest BCUT2D eigenvalue weighted by molar-refractivity contribution is -0.306. The number of carbonyl (C=O) groups excluding carboxylic acids is 1. The summed E-state index contributed by atoms with van der Waals surface area (Å²) in [6.45, 7) is 0. The number of rotatable bonds is 9. The number of aromatic hydroxyl groups is 1. The fraction of sp³-hybridized carbons (Fsp3) is 0.333. The van der Waals surface area contributed by atoms with Crippen LogP contribution in [0.15, 0.2) is 72.8 Å². The Balaban J connectivity index is 1.40. The first kappa shape index (κ1) is 29.5. The number of hydrogen-bond acceptors (Lipinski definition) is 7. The van der Waals surface area contributed by atoms with Crippen molar-refractivity contribution in [1.82, 2.24) is 0 Å². The van der Waals surface area contributed by atoms with E-state index in [1.54, 1.807) is 12.1 Å². The van der Waals surface area contributed by atoms with E-state index in [4.69, 9.17) is 14.6 Å². The minimum atomic E-state index is -1.77. The number of aliphatic hydroxyl groups is 2. The number of ether oxygens (including phenoxy) is 2. The number of aliphatic hydroxyl groups excluding tert-OH is 2. The number of phenols is 1. The Labute approximate surface area is 239 Å². The fourth-order valence-electron chi connectivity index (χ4n) is 5.44. The van der Waals surface area contributed by atoms with Crippen LogP contribution >= 0.6 is 0 Å². The lowest BCUT2D eigenvalue weighted by atomic mass is 9.78. The smallest absolute Gasteiger partial charge is 0.341 e. The number of carboxylic acids is 1. The highest BCUT2D eigenvalue weighted by Gasteiger charge is 2.52. The van der Waals surface area contributed by atoms with Gasteiger partial charge in [-0.2, -0.15) is 0 Å². The summed E-state index contributed by atoms with van der Waals surface area (Å²) in [4.78, 5) is 26.6. The minimum absolute atomic E-state index is 0.0434. The van der Waals surface area contributed by atoms with E-state index in [2.05, 4.69) is 0 Å². The third-order valence-electron chi connectivity index (χ3n) is 7.68. The predicted molar refractivity (Wildman–Crippen MR) is 143 cm³/mol. The van der Waals surface area contributed by atoms with Crippen LogP contribution in [0.1, 0.15) is 36.1 Å². The Morgan fingerprint density at radius 3 is 2.14 bits per heavy atom. The Hall–Kier alpha value is -3.94. The topological polar surface area (TPSA) is 160 Å². The fourth-order valence-corrected chi connectivity index (χ4v) is 5.44. The Kier molecular flexibility index (Phi) is 8.53. The van der Waals surface area contributed by atoms with Crippen molar-refractivity contribution in [2.75, 3.05) is 4.90 Å². The number of phenolic OH excluding ortho intramolecular Hbond substituents is 1. The number of amides is 1. The summed E-state index contributed by atoms with van der Waals surface area (Å²) in [5, 5.41) is 47.9. The van der Waals surface area contributed by atoms with Crippen molar-refractivity contribution in [2.45, 2.75) is 55.7 Å². The van der Waals surface area contributed by atoms with Gasteiger partial charge < -0.3 is 39.9 Å². The van der Waals surface area contributed by atoms with E-state index in [0.717, 1.165) is 5.56 Å². The molecular weight excluding hydrogens is 556 g/mol. The maximum Gasteiger partial charge on any atom is 0.341 e. The normalized spacial score (nSPS) is 28.3. The molecule has 6 N–H and O–H groups in total. The zero-order chi connectivity index (χ0) is 30.1. The number of β-lactam (4-membered cyclic amide) rings is 1. The van der Waals surface area contributed by atoms with Gasteiger partial charge in [-0.05, 0) is 72.5 Å². The molecule has 0 unspecified atom stereocenters. The number of anilines is 1. The highest BCUT2D eigenvalue weighted by atomic mass is 19.1. The molecule has 0 aromatic heterocycles.